The van der Waals surface area contributed by atoms with Crippen molar-refractivity contribution in [1.82, 2.24) is 23.7 Å². The van der Waals surface area contributed by atoms with Crippen LogP contribution in [-0.4, -0.2) is 81.6 Å². The van der Waals surface area contributed by atoms with E-state index in [4.69, 9.17) is 34.7 Å². The zero-order chi connectivity index (χ0) is 42.0. The number of nitrogens with one attached hydrogen (secondary N) is 2. The molecule has 0 fully saturated rings. The summed E-state index contributed by atoms with van der Waals surface area (Å²) in [7, 11) is 3.26. The third kappa shape index (κ3) is 9.71. The quantitative estimate of drug-likeness (QED) is 0.0516. The number of benzene rings is 4. The second-order valence-corrected chi connectivity index (χ2v) is 15.5. The molecule has 0 saturated carbocycles. The topological polar surface area (TPSA) is 183 Å². The summed E-state index contributed by atoms with van der Waals surface area (Å²) in [6, 6.07) is 23.3. The molecule has 0 bridgehead atoms. The molecule has 7 aromatic rings. The van der Waals surface area contributed by atoms with Gasteiger partial charge >= 0.3 is 0 Å². The number of aliphatic hydroxyl groups excluding tert-OH is 1. The molecule has 0 spiro atoms. The molecule has 0 aliphatic carbocycles. The van der Waals surface area contributed by atoms with E-state index < -0.39 is 0 Å². The molecule has 310 valence electrons. The summed E-state index contributed by atoms with van der Waals surface area (Å²) in [5, 5.41) is 38.7. The highest BCUT2D eigenvalue weighted by Gasteiger charge is 2.16. The third-order valence-electron chi connectivity index (χ3n) is 9.47. The Morgan fingerprint density at radius 2 is 1.08 bits per heavy atom. The fourth-order valence-corrected chi connectivity index (χ4v) is 8.26. The molecule has 0 atom stereocenters. The van der Waals surface area contributed by atoms with Crippen molar-refractivity contribution in [3.8, 4) is 11.5 Å². The number of hydrogen-bond acceptors (Lipinski definition) is 19. The van der Waals surface area contributed by atoms with Crippen molar-refractivity contribution in [3.63, 3.8) is 0 Å². The summed E-state index contributed by atoms with van der Waals surface area (Å²) < 4.78 is 20.0. The molecular formula is C41H45N13O3S3. The van der Waals surface area contributed by atoms with Crippen molar-refractivity contribution < 1.29 is 14.6 Å². The first-order chi connectivity index (χ1) is 29.4. The Labute approximate surface area is 360 Å². The highest BCUT2D eigenvalue weighted by Crippen LogP contribution is 2.40. The van der Waals surface area contributed by atoms with Crippen LogP contribution in [0.25, 0.3) is 21.8 Å². The van der Waals surface area contributed by atoms with Crippen molar-refractivity contribution >= 4 is 113 Å². The zero-order valence-corrected chi connectivity index (χ0v) is 36.5. The minimum Gasteiger partial charge on any atom is -0.497 e. The number of ether oxygens (including phenoxy) is 2. The molecular weight excluding hydrogens is 819 g/mol. The van der Waals surface area contributed by atoms with Crippen LogP contribution in [0, 0.1) is 0 Å². The van der Waals surface area contributed by atoms with Crippen molar-refractivity contribution in [2.75, 3.05) is 73.2 Å². The monoisotopic (exact) mass is 863 g/mol. The molecule has 0 unspecified atom stereocenters. The smallest absolute Gasteiger partial charge is 0.233 e. The van der Waals surface area contributed by atoms with Gasteiger partial charge in [0.2, 0.25) is 11.9 Å². The van der Waals surface area contributed by atoms with Crippen LogP contribution in [0.2, 0.25) is 0 Å². The Balaban J connectivity index is 1.27. The highest BCUT2D eigenvalue weighted by atomic mass is 32.2. The van der Waals surface area contributed by atoms with Gasteiger partial charge in [0, 0.05) is 54.1 Å². The largest absolute Gasteiger partial charge is 0.497 e. The molecule has 3 heterocycles. The highest BCUT2D eigenvalue weighted by molar-refractivity contribution is 7.99. The summed E-state index contributed by atoms with van der Waals surface area (Å²) in [6.07, 6.45) is 0. The molecule has 19 heteroatoms. The van der Waals surface area contributed by atoms with Crippen molar-refractivity contribution in [2.24, 2.45) is 20.5 Å². The summed E-state index contributed by atoms with van der Waals surface area (Å²) >= 11 is 3.84. The van der Waals surface area contributed by atoms with Crippen molar-refractivity contribution in [1.29, 1.82) is 0 Å². The molecule has 0 radical (unpaired) electrons. The molecule has 60 heavy (non-hydrogen) atoms. The van der Waals surface area contributed by atoms with Gasteiger partial charge in [0.15, 0.2) is 15.2 Å². The number of methoxy groups -OCH3 is 2. The lowest BCUT2D eigenvalue weighted by atomic mass is 10.2. The SMILES string of the molecule is CCN(CC)c1ccc(N=Nc2snc3ccc(OC)cc23)c(Nc2nc(Nc3cc(N(CC)CC)ccc3N=Nc3snc4ccc(OC)cc34)nc(SCCO)n2)c1. The molecule has 3 aromatic heterocycles. The van der Waals surface area contributed by atoms with E-state index in [0.717, 1.165) is 59.4 Å². The van der Waals surface area contributed by atoms with Gasteiger partial charge in [0.05, 0.1) is 43.2 Å². The number of fused-ring (bicyclic) bond motifs is 2. The number of aliphatic hydroxyl groups is 1. The van der Waals surface area contributed by atoms with Gasteiger partial charge in [-0.05, 0) is 124 Å². The van der Waals surface area contributed by atoms with E-state index in [2.05, 4.69) is 67.1 Å². The van der Waals surface area contributed by atoms with Crippen molar-refractivity contribution in [2.45, 2.75) is 32.9 Å². The summed E-state index contributed by atoms with van der Waals surface area (Å²) in [4.78, 5) is 18.8. The number of anilines is 6. The number of rotatable bonds is 19. The number of thioether (sulfide) groups is 1. The van der Waals surface area contributed by atoms with Gasteiger partial charge in [-0.2, -0.15) is 23.7 Å². The van der Waals surface area contributed by atoms with Crippen LogP contribution in [0.1, 0.15) is 27.7 Å². The van der Waals surface area contributed by atoms with E-state index in [0.29, 0.717) is 55.2 Å². The van der Waals surface area contributed by atoms with Gasteiger partial charge in [0.1, 0.15) is 22.9 Å². The van der Waals surface area contributed by atoms with Gasteiger partial charge in [0.25, 0.3) is 0 Å². The minimum absolute atomic E-state index is 0.0506. The molecule has 0 aliphatic rings. The van der Waals surface area contributed by atoms with Gasteiger partial charge in [-0.15, -0.1) is 20.5 Å². The normalized spacial score (nSPS) is 11.6. The maximum atomic E-state index is 9.73. The van der Waals surface area contributed by atoms with Crippen LogP contribution in [0.4, 0.5) is 56.0 Å². The van der Waals surface area contributed by atoms with E-state index in [1.54, 1.807) is 14.2 Å². The first-order valence-electron chi connectivity index (χ1n) is 19.4. The van der Waals surface area contributed by atoms with Gasteiger partial charge in [-0.1, -0.05) is 11.8 Å². The number of hydrogen-bond donors (Lipinski definition) is 3. The van der Waals surface area contributed by atoms with E-state index in [9.17, 15) is 5.11 Å². The Hall–Kier alpha value is -6.02. The summed E-state index contributed by atoms with van der Waals surface area (Å²) in [5.41, 5.74) is 6.02. The number of nitrogens with zero attached hydrogens (tertiary/aromatic N) is 11. The minimum atomic E-state index is -0.0506. The van der Waals surface area contributed by atoms with E-state index in [-0.39, 0.29) is 18.5 Å². The molecule has 3 N–H and O–H groups in total. The molecule has 0 saturated heterocycles. The standard InChI is InChI=1S/C41H45N13O3S3/c1-7-53(8-2)25-11-15-33(47-49-37-29-23-27(56-5)13-17-31(29)51-59-37)35(21-25)42-39-44-40(46-41(45-39)58-20-19-55)43-36-22-26(54(9-3)10-4)12-16-34(36)48-50-38-30-24-28(57-6)14-18-32(30)52-60-38/h11-18,21-24,55H,7-10,19-20H2,1-6H3,(H2,42,43,44,45,46). The van der Waals surface area contributed by atoms with Crippen molar-refractivity contribution in [3.05, 3.63) is 72.8 Å². The predicted molar refractivity (Wildman–Crippen MR) is 245 cm³/mol. The Morgan fingerprint density at radius 1 is 0.617 bits per heavy atom. The van der Waals surface area contributed by atoms with Gasteiger partial charge < -0.3 is 35.0 Å². The van der Waals surface area contributed by atoms with Crippen LogP contribution in [-0.2, 0) is 0 Å². The molecule has 7 rings (SSSR count). The summed E-state index contributed by atoms with van der Waals surface area (Å²) in [6.45, 7) is 11.7. The second-order valence-electron chi connectivity index (χ2n) is 13.0. The first-order valence-corrected chi connectivity index (χ1v) is 21.9. The van der Waals surface area contributed by atoms with E-state index in [1.807, 2.05) is 72.8 Å². The first kappa shape index (κ1) is 42.1. The fraction of sp³-hybridized carbons (Fsp3) is 0.293. The van der Waals surface area contributed by atoms with Crippen LogP contribution in [0.5, 0.6) is 11.5 Å². The average Bonchev–Trinajstić information content (AvgIpc) is 3.88. The zero-order valence-electron chi connectivity index (χ0n) is 34.1. The fourth-order valence-electron chi connectivity index (χ4n) is 6.32. The molecule has 0 amide bonds. The van der Waals surface area contributed by atoms with Crippen LogP contribution < -0.4 is 29.9 Å². The average molecular weight is 864 g/mol. The number of azo groups is 2. The lowest BCUT2D eigenvalue weighted by molar-refractivity contribution is 0.322. The third-order valence-corrected chi connectivity index (χ3v) is 11.8. The van der Waals surface area contributed by atoms with E-state index in [1.165, 1.54) is 34.8 Å². The number of aromatic nitrogens is 5. The Kier molecular flexibility index (Phi) is 13.9. The van der Waals surface area contributed by atoms with Crippen LogP contribution in [0.15, 0.2) is 98.4 Å². The molecule has 4 aromatic carbocycles. The summed E-state index contributed by atoms with van der Waals surface area (Å²) in [5.74, 6) is 2.34. The predicted octanol–water partition coefficient (Wildman–Crippen LogP) is 11.2. The Bertz CT molecular complexity index is 2450. The van der Waals surface area contributed by atoms with Crippen LogP contribution in [0.3, 0.4) is 0 Å². The molecule has 0 aliphatic heterocycles. The maximum absolute atomic E-state index is 9.73. The van der Waals surface area contributed by atoms with Gasteiger partial charge in [-0.3, -0.25) is 0 Å². The van der Waals surface area contributed by atoms with E-state index >= 15 is 0 Å². The second kappa shape index (κ2) is 19.8. The lowest BCUT2D eigenvalue weighted by Crippen LogP contribution is -2.21. The lowest BCUT2D eigenvalue weighted by Gasteiger charge is -2.22. The van der Waals surface area contributed by atoms with Gasteiger partial charge in [-0.25, -0.2) is 0 Å². The Morgan fingerprint density at radius 3 is 1.50 bits per heavy atom. The molecule has 16 nitrogen and oxygen atoms in total. The maximum Gasteiger partial charge on any atom is 0.233 e. The van der Waals surface area contributed by atoms with Crippen LogP contribution >= 0.6 is 34.8 Å².